The third-order valence-electron chi connectivity index (χ3n) is 3.39. The van der Waals surface area contributed by atoms with Crippen LogP contribution >= 0.6 is 23.2 Å². The van der Waals surface area contributed by atoms with Crippen LogP contribution in [0.4, 0.5) is 0 Å². The summed E-state index contributed by atoms with van der Waals surface area (Å²) >= 11 is 12.1. The van der Waals surface area contributed by atoms with Gasteiger partial charge in [-0.3, -0.25) is 0 Å². The fourth-order valence-corrected chi connectivity index (χ4v) is 2.81. The van der Waals surface area contributed by atoms with Gasteiger partial charge in [0.05, 0.1) is 6.61 Å². The Bertz CT molecular complexity index is 706. The van der Waals surface area contributed by atoms with Crippen molar-refractivity contribution < 1.29 is 9.53 Å². The molecule has 24 heavy (non-hydrogen) atoms. The maximum Gasteiger partial charge on any atom is 0.330 e. The van der Waals surface area contributed by atoms with Crippen LogP contribution in [0.5, 0.6) is 0 Å². The van der Waals surface area contributed by atoms with Gasteiger partial charge in [-0.1, -0.05) is 53.5 Å². The molecule has 3 nitrogen and oxygen atoms in total. The van der Waals surface area contributed by atoms with E-state index in [4.69, 9.17) is 33.7 Å². The zero-order chi connectivity index (χ0) is 17.5. The van der Waals surface area contributed by atoms with Crippen molar-refractivity contribution in [2.45, 2.75) is 19.4 Å². The van der Waals surface area contributed by atoms with Gasteiger partial charge in [0.15, 0.2) is 0 Å². The van der Waals surface area contributed by atoms with Gasteiger partial charge in [0, 0.05) is 22.2 Å². The smallest absolute Gasteiger partial charge is 0.330 e. The number of esters is 1. The zero-order valence-electron chi connectivity index (χ0n) is 13.3. The molecule has 0 aliphatic heterocycles. The topological polar surface area (TPSA) is 52.3 Å². The van der Waals surface area contributed by atoms with Gasteiger partial charge < -0.3 is 10.5 Å². The Hall–Kier alpha value is -1.81. The molecule has 0 radical (unpaired) electrons. The first-order valence-electron chi connectivity index (χ1n) is 7.64. The van der Waals surface area contributed by atoms with Crippen molar-refractivity contribution in [2.24, 2.45) is 5.73 Å². The Morgan fingerprint density at radius 3 is 2.33 bits per heavy atom. The minimum atomic E-state index is -0.374. The van der Waals surface area contributed by atoms with Crippen LogP contribution in [0.25, 0.3) is 11.1 Å². The number of rotatable bonds is 6. The fraction of sp³-hybridized carbons (Fsp3) is 0.211. The Kier molecular flexibility index (Phi) is 6.85. The highest BCUT2D eigenvalue weighted by molar-refractivity contribution is 6.35. The Morgan fingerprint density at radius 1 is 1.12 bits per heavy atom. The number of carbonyl (C=O) groups is 1. The Balaban J connectivity index is 2.02. The van der Waals surface area contributed by atoms with Crippen LogP contribution in [0.1, 0.15) is 12.5 Å². The van der Waals surface area contributed by atoms with E-state index in [0.717, 1.165) is 16.7 Å². The minimum Gasteiger partial charge on any atom is -0.463 e. The first-order valence-corrected chi connectivity index (χ1v) is 8.39. The molecule has 0 spiro atoms. The number of halogens is 2. The van der Waals surface area contributed by atoms with Crippen molar-refractivity contribution in [2.75, 3.05) is 6.61 Å². The van der Waals surface area contributed by atoms with Crippen molar-refractivity contribution in [1.82, 2.24) is 0 Å². The highest BCUT2D eigenvalue weighted by atomic mass is 35.5. The summed E-state index contributed by atoms with van der Waals surface area (Å²) in [6, 6.07) is 13.2. The lowest BCUT2D eigenvalue weighted by atomic mass is 10.0. The van der Waals surface area contributed by atoms with Crippen LogP contribution in [-0.2, 0) is 16.0 Å². The highest BCUT2D eigenvalue weighted by Crippen LogP contribution is 2.27. The van der Waals surface area contributed by atoms with E-state index in [1.54, 1.807) is 19.1 Å². The van der Waals surface area contributed by atoms with Crippen molar-refractivity contribution in [3.05, 3.63) is 70.2 Å². The molecule has 0 unspecified atom stereocenters. The molecule has 0 bridgehead atoms. The van der Waals surface area contributed by atoms with E-state index < -0.39 is 0 Å². The molecule has 0 saturated carbocycles. The van der Waals surface area contributed by atoms with Gasteiger partial charge in [0.2, 0.25) is 0 Å². The number of hydrogen-bond donors (Lipinski definition) is 1. The molecular formula is C19H19Cl2NO2. The molecule has 5 heteroatoms. The minimum absolute atomic E-state index is 0.249. The summed E-state index contributed by atoms with van der Waals surface area (Å²) in [6.45, 7) is 2.12. The van der Waals surface area contributed by atoms with E-state index in [0.29, 0.717) is 23.1 Å². The lowest BCUT2D eigenvalue weighted by Gasteiger charge is -2.09. The summed E-state index contributed by atoms with van der Waals surface area (Å²) in [5.41, 5.74) is 9.08. The quantitative estimate of drug-likeness (QED) is 0.600. The highest BCUT2D eigenvalue weighted by Gasteiger charge is 2.05. The first-order chi connectivity index (χ1) is 11.5. The Morgan fingerprint density at radius 2 is 1.75 bits per heavy atom. The molecule has 2 aromatic rings. The third-order valence-corrected chi connectivity index (χ3v) is 3.82. The van der Waals surface area contributed by atoms with Crippen molar-refractivity contribution in [3.63, 3.8) is 0 Å². The summed E-state index contributed by atoms with van der Waals surface area (Å²) in [7, 11) is 0. The molecule has 126 valence electrons. The molecule has 0 aliphatic rings. The lowest BCUT2D eigenvalue weighted by molar-refractivity contribution is -0.137. The van der Waals surface area contributed by atoms with Gasteiger partial charge >= 0.3 is 5.97 Å². The molecule has 2 aromatic carbocycles. The van der Waals surface area contributed by atoms with Gasteiger partial charge in [-0.05, 0) is 48.2 Å². The molecule has 0 aromatic heterocycles. The summed E-state index contributed by atoms with van der Waals surface area (Å²) < 4.78 is 4.82. The monoisotopic (exact) mass is 363 g/mol. The summed E-state index contributed by atoms with van der Waals surface area (Å²) in [5, 5.41) is 1.21. The number of hydrogen-bond acceptors (Lipinski definition) is 3. The average Bonchev–Trinajstić information content (AvgIpc) is 2.53. The van der Waals surface area contributed by atoms with Crippen LogP contribution < -0.4 is 5.73 Å². The maximum absolute atomic E-state index is 11.3. The van der Waals surface area contributed by atoms with Crippen LogP contribution in [0, 0.1) is 0 Å². The van der Waals surface area contributed by atoms with E-state index in [1.165, 1.54) is 6.08 Å². The lowest BCUT2D eigenvalue weighted by Crippen LogP contribution is -2.20. The summed E-state index contributed by atoms with van der Waals surface area (Å²) in [6.07, 6.45) is 3.66. The largest absolute Gasteiger partial charge is 0.463 e. The van der Waals surface area contributed by atoms with Crippen LogP contribution in [0.3, 0.4) is 0 Å². The SMILES string of the molecule is CCOC(=O)C=C[C@@H](N)Cc1ccc(-c2cc(Cl)cc(Cl)c2)cc1. The fourth-order valence-electron chi connectivity index (χ4n) is 2.29. The van der Waals surface area contributed by atoms with Gasteiger partial charge in [0.25, 0.3) is 0 Å². The maximum atomic E-state index is 11.3. The second-order valence-corrected chi connectivity index (χ2v) is 6.21. The normalized spacial score (nSPS) is 12.3. The van der Waals surface area contributed by atoms with Crippen molar-refractivity contribution in [1.29, 1.82) is 0 Å². The number of nitrogens with two attached hydrogens (primary N) is 1. The van der Waals surface area contributed by atoms with Crippen LogP contribution in [0.2, 0.25) is 10.0 Å². The molecule has 1 atom stereocenters. The van der Waals surface area contributed by atoms with Gasteiger partial charge in [-0.15, -0.1) is 0 Å². The molecular weight excluding hydrogens is 345 g/mol. The van der Waals surface area contributed by atoms with E-state index in [2.05, 4.69) is 0 Å². The van der Waals surface area contributed by atoms with E-state index in [-0.39, 0.29) is 12.0 Å². The average molecular weight is 364 g/mol. The molecule has 0 heterocycles. The van der Waals surface area contributed by atoms with E-state index in [1.807, 2.05) is 36.4 Å². The number of carbonyl (C=O) groups excluding carboxylic acids is 1. The molecule has 2 N–H and O–H groups in total. The number of ether oxygens (including phenoxy) is 1. The zero-order valence-corrected chi connectivity index (χ0v) is 14.8. The van der Waals surface area contributed by atoms with E-state index >= 15 is 0 Å². The second kappa shape index (κ2) is 8.88. The molecule has 2 rings (SSSR count). The summed E-state index contributed by atoms with van der Waals surface area (Å²) in [4.78, 5) is 11.3. The Labute approximate surface area is 152 Å². The van der Waals surface area contributed by atoms with Crippen molar-refractivity contribution in [3.8, 4) is 11.1 Å². The predicted octanol–water partition coefficient (Wildman–Crippen LogP) is 4.65. The standard InChI is InChI=1S/C19H19Cl2NO2/c1-2-24-19(23)8-7-18(22)9-13-3-5-14(6-4-13)15-10-16(20)12-17(21)11-15/h3-8,10-12,18H,2,9,22H2,1H3/t18-/m1/s1. The molecule has 0 amide bonds. The van der Waals surface area contributed by atoms with Gasteiger partial charge in [0.1, 0.15) is 0 Å². The van der Waals surface area contributed by atoms with Crippen LogP contribution in [0.15, 0.2) is 54.6 Å². The van der Waals surface area contributed by atoms with Gasteiger partial charge in [-0.25, -0.2) is 4.79 Å². The van der Waals surface area contributed by atoms with Crippen LogP contribution in [-0.4, -0.2) is 18.6 Å². The summed E-state index contributed by atoms with van der Waals surface area (Å²) in [5.74, 6) is -0.374. The third kappa shape index (κ3) is 5.68. The predicted molar refractivity (Wildman–Crippen MR) is 99.4 cm³/mol. The number of benzene rings is 2. The first kappa shape index (κ1) is 18.5. The van der Waals surface area contributed by atoms with Crippen molar-refractivity contribution >= 4 is 29.2 Å². The van der Waals surface area contributed by atoms with Gasteiger partial charge in [-0.2, -0.15) is 0 Å². The molecule has 0 saturated heterocycles. The second-order valence-electron chi connectivity index (χ2n) is 5.33. The molecule has 0 fully saturated rings. The van der Waals surface area contributed by atoms with E-state index in [9.17, 15) is 4.79 Å². The molecule has 0 aliphatic carbocycles.